The zero-order chi connectivity index (χ0) is 14.0. The Labute approximate surface area is 121 Å². The fourth-order valence-electron chi connectivity index (χ4n) is 1.93. The van der Waals surface area contributed by atoms with Crippen LogP contribution in [-0.4, -0.2) is 5.11 Å². The van der Waals surface area contributed by atoms with E-state index >= 15 is 0 Å². The van der Waals surface area contributed by atoms with Crippen LogP contribution in [0.5, 0.6) is 11.5 Å². The summed E-state index contributed by atoms with van der Waals surface area (Å²) in [6.45, 7) is 7.59. The Bertz CT molecular complexity index is 612. The van der Waals surface area contributed by atoms with Gasteiger partial charge >= 0.3 is 0 Å². The van der Waals surface area contributed by atoms with Crippen LogP contribution in [0.3, 0.4) is 0 Å². The second kappa shape index (κ2) is 5.49. The van der Waals surface area contributed by atoms with Crippen LogP contribution in [0.4, 0.5) is 0 Å². The third kappa shape index (κ3) is 3.18. The van der Waals surface area contributed by atoms with Crippen molar-refractivity contribution < 1.29 is 9.84 Å². The van der Waals surface area contributed by atoms with Crippen LogP contribution in [0, 0.1) is 13.8 Å². The first kappa shape index (κ1) is 13.7. The minimum absolute atomic E-state index is 0.0118. The van der Waals surface area contributed by atoms with E-state index in [2.05, 4.69) is 28.6 Å². The molecule has 0 aliphatic rings. The second-order valence-electron chi connectivity index (χ2n) is 4.49. The molecular weight excluding hydrogens is 304 g/mol. The maximum absolute atomic E-state index is 9.50. The fraction of sp³-hybridized carbons (Fsp3) is 0.125. The number of rotatable bonds is 3. The van der Waals surface area contributed by atoms with Crippen LogP contribution >= 0.6 is 15.9 Å². The third-order valence-corrected chi connectivity index (χ3v) is 3.52. The molecule has 0 atom stereocenters. The van der Waals surface area contributed by atoms with Crippen LogP contribution in [-0.2, 0) is 0 Å². The molecule has 2 nitrogen and oxygen atoms in total. The van der Waals surface area contributed by atoms with Gasteiger partial charge in [0.1, 0.15) is 17.3 Å². The van der Waals surface area contributed by atoms with Crippen LogP contribution in [0.2, 0.25) is 0 Å². The highest BCUT2D eigenvalue weighted by Crippen LogP contribution is 2.35. The van der Waals surface area contributed by atoms with Crippen LogP contribution in [0.25, 0.3) is 5.76 Å². The van der Waals surface area contributed by atoms with E-state index in [0.717, 1.165) is 16.9 Å². The van der Waals surface area contributed by atoms with Crippen molar-refractivity contribution in [3.8, 4) is 11.5 Å². The lowest BCUT2D eigenvalue weighted by atomic mass is 10.1. The Balaban J connectivity index is 2.38. The molecule has 0 saturated heterocycles. The lowest BCUT2D eigenvalue weighted by molar-refractivity contribution is 0.476. The molecule has 3 heteroatoms. The van der Waals surface area contributed by atoms with Gasteiger partial charge in [-0.25, -0.2) is 0 Å². The molecule has 0 radical (unpaired) electrons. The molecule has 98 valence electrons. The van der Waals surface area contributed by atoms with Crippen molar-refractivity contribution in [2.24, 2.45) is 0 Å². The van der Waals surface area contributed by atoms with Gasteiger partial charge in [-0.3, -0.25) is 0 Å². The van der Waals surface area contributed by atoms with E-state index in [0.29, 0.717) is 15.8 Å². The Hall–Kier alpha value is -1.74. The van der Waals surface area contributed by atoms with E-state index in [1.54, 1.807) is 6.07 Å². The molecule has 0 spiro atoms. The molecule has 2 aromatic carbocycles. The summed E-state index contributed by atoms with van der Waals surface area (Å²) in [6.07, 6.45) is 0. The summed E-state index contributed by atoms with van der Waals surface area (Å²) in [5.74, 6) is 1.44. The molecule has 0 amide bonds. The van der Waals surface area contributed by atoms with E-state index in [4.69, 9.17) is 4.74 Å². The zero-order valence-corrected chi connectivity index (χ0v) is 12.5. The van der Waals surface area contributed by atoms with Crippen molar-refractivity contribution in [3.63, 3.8) is 0 Å². The molecule has 0 aromatic heterocycles. The molecule has 0 saturated carbocycles. The summed E-state index contributed by atoms with van der Waals surface area (Å²) in [4.78, 5) is 0. The molecule has 0 bridgehead atoms. The molecule has 19 heavy (non-hydrogen) atoms. The normalized spacial score (nSPS) is 10.3. The standard InChI is InChI=1S/C16H15BrO2/c1-10-7-11(2)9-13(8-10)19-15-6-4-5-14(12(3)18)16(15)17/h4-9,18H,3H2,1-2H3. The van der Waals surface area contributed by atoms with Gasteiger partial charge in [0.05, 0.1) is 4.47 Å². The number of aryl methyl sites for hydroxylation is 2. The number of halogens is 1. The van der Waals surface area contributed by atoms with Gasteiger partial charge in [0.15, 0.2) is 0 Å². The summed E-state index contributed by atoms with van der Waals surface area (Å²) in [6, 6.07) is 11.5. The first-order valence-electron chi connectivity index (χ1n) is 5.90. The van der Waals surface area contributed by atoms with Gasteiger partial charge in [0.2, 0.25) is 0 Å². The topological polar surface area (TPSA) is 29.5 Å². The molecule has 2 aromatic rings. The minimum Gasteiger partial charge on any atom is -0.508 e. The zero-order valence-electron chi connectivity index (χ0n) is 10.9. The van der Waals surface area contributed by atoms with Crippen molar-refractivity contribution in [2.45, 2.75) is 13.8 Å². The summed E-state index contributed by atoms with van der Waals surface area (Å²) < 4.78 is 6.56. The summed E-state index contributed by atoms with van der Waals surface area (Å²) in [7, 11) is 0. The molecule has 0 fully saturated rings. The second-order valence-corrected chi connectivity index (χ2v) is 5.28. The molecular formula is C16H15BrO2. The highest BCUT2D eigenvalue weighted by atomic mass is 79.9. The fourth-order valence-corrected chi connectivity index (χ4v) is 2.51. The highest BCUT2D eigenvalue weighted by molar-refractivity contribution is 9.10. The quantitative estimate of drug-likeness (QED) is 0.769. The minimum atomic E-state index is 0.0118. The predicted octanol–water partition coefficient (Wildman–Crippen LogP) is 5.39. The molecule has 0 heterocycles. The average Bonchev–Trinajstić information content (AvgIpc) is 2.30. The van der Waals surface area contributed by atoms with Crippen molar-refractivity contribution in [1.82, 2.24) is 0 Å². The lowest BCUT2D eigenvalue weighted by Crippen LogP contribution is -1.91. The number of benzene rings is 2. The van der Waals surface area contributed by atoms with Crippen LogP contribution in [0.15, 0.2) is 47.4 Å². The summed E-state index contributed by atoms with van der Waals surface area (Å²) >= 11 is 3.43. The highest BCUT2D eigenvalue weighted by Gasteiger charge is 2.10. The SMILES string of the molecule is C=C(O)c1cccc(Oc2cc(C)cc(C)c2)c1Br. The molecule has 2 rings (SSSR count). The van der Waals surface area contributed by atoms with Crippen molar-refractivity contribution >= 4 is 21.7 Å². The van der Waals surface area contributed by atoms with Gasteiger partial charge in [-0.15, -0.1) is 0 Å². The number of ether oxygens (including phenoxy) is 1. The van der Waals surface area contributed by atoms with E-state index in [1.807, 2.05) is 38.1 Å². The third-order valence-electron chi connectivity index (χ3n) is 2.70. The van der Waals surface area contributed by atoms with Gasteiger partial charge in [-0.1, -0.05) is 18.7 Å². The number of aliphatic hydroxyl groups is 1. The smallest absolute Gasteiger partial charge is 0.142 e. The van der Waals surface area contributed by atoms with Gasteiger partial charge in [-0.2, -0.15) is 0 Å². The number of hydrogen-bond donors (Lipinski definition) is 1. The first-order chi connectivity index (χ1) is 8.97. The van der Waals surface area contributed by atoms with Gasteiger partial charge in [0, 0.05) is 5.56 Å². The Morgan fingerprint density at radius 3 is 2.37 bits per heavy atom. The largest absolute Gasteiger partial charge is 0.508 e. The maximum Gasteiger partial charge on any atom is 0.142 e. The molecule has 0 aliphatic carbocycles. The number of hydrogen-bond acceptors (Lipinski definition) is 2. The number of aliphatic hydroxyl groups excluding tert-OH is 1. The summed E-state index contributed by atoms with van der Waals surface area (Å²) in [5.41, 5.74) is 2.92. The maximum atomic E-state index is 9.50. The van der Waals surface area contributed by atoms with Crippen LogP contribution in [0.1, 0.15) is 16.7 Å². The van der Waals surface area contributed by atoms with E-state index in [9.17, 15) is 5.11 Å². The summed E-state index contributed by atoms with van der Waals surface area (Å²) in [5, 5.41) is 9.50. The van der Waals surface area contributed by atoms with E-state index < -0.39 is 0 Å². The van der Waals surface area contributed by atoms with Crippen molar-refractivity contribution in [1.29, 1.82) is 0 Å². The van der Waals surface area contributed by atoms with Crippen molar-refractivity contribution in [3.05, 3.63) is 64.1 Å². The Morgan fingerprint density at radius 1 is 1.16 bits per heavy atom. The Kier molecular flexibility index (Phi) is 3.96. The predicted molar refractivity (Wildman–Crippen MR) is 81.8 cm³/mol. The Morgan fingerprint density at radius 2 is 1.79 bits per heavy atom. The van der Waals surface area contributed by atoms with Crippen molar-refractivity contribution in [2.75, 3.05) is 0 Å². The van der Waals surface area contributed by atoms with E-state index in [1.165, 1.54) is 0 Å². The van der Waals surface area contributed by atoms with Gasteiger partial charge in [0.25, 0.3) is 0 Å². The average molecular weight is 319 g/mol. The van der Waals surface area contributed by atoms with Crippen LogP contribution < -0.4 is 4.74 Å². The first-order valence-corrected chi connectivity index (χ1v) is 6.69. The molecule has 0 aliphatic heterocycles. The molecule has 1 N–H and O–H groups in total. The molecule has 0 unspecified atom stereocenters. The lowest BCUT2D eigenvalue weighted by Gasteiger charge is -2.11. The van der Waals surface area contributed by atoms with Gasteiger partial charge < -0.3 is 9.84 Å². The monoisotopic (exact) mass is 318 g/mol. The van der Waals surface area contributed by atoms with Gasteiger partial charge in [-0.05, 0) is 65.2 Å². The van der Waals surface area contributed by atoms with E-state index in [-0.39, 0.29) is 5.76 Å².